The van der Waals surface area contributed by atoms with Crippen LogP contribution in [0.1, 0.15) is 23.2 Å². The van der Waals surface area contributed by atoms with Crippen molar-refractivity contribution in [1.82, 2.24) is 20.0 Å². The molecular weight excluding hydrogens is 360 g/mol. The number of para-hydroxylation sites is 1. The van der Waals surface area contributed by atoms with Crippen LogP contribution < -0.4 is 5.32 Å². The van der Waals surface area contributed by atoms with Crippen LogP contribution >= 0.6 is 0 Å². The number of benzene rings is 2. The minimum absolute atomic E-state index is 0.0963. The highest BCUT2D eigenvalue weighted by atomic mass is 16.2. The zero-order valence-electron chi connectivity index (χ0n) is 16.5. The summed E-state index contributed by atoms with van der Waals surface area (Å²) in [5.41, 5.74) is 3.37. The Morgan fingerprint density at radius 2 is 1.52 bits per heavy atom. The minimum Gasteiger partial charge on any atom is -0.339 e. The quantitative estimate of drug-likeness (QED) is 0.748. The van der Waals surface area contributed by atoms with Crippen LogP contribution in [0.25, 0.3) is 16.9 Å². The number of carbonyl (C=O) groups excluding carboxylic acids is 1. The highest BCUT2D eigenvalue weighted by molar-refractivity contribution is 6.00. The predicted molar refractivity (Wildman–Crippen MR) is 114 cm³/mol. The Labute approximate surface area is 171 Å². The fraction of sp³-hybridized carbons (Fsp3) is 0.333. The molecule has 0 bridgehead atoms. The molecule has 148 valence electrons. The van der Waals surface area contributed by atoms with Crippen molar-refractivity contribution in [2.75, 3.05) is 26.2 Å². The Kier molecular flexibility index (Phi) is 4.90. The average molecular weight is 386 g/mol. The molecule has 2 saturated heterocycles. The van der Waals surface area contributed by atoms with Crippen LogP contribution in [-0.2, 0) is 0 Å². The van der Waals surface area contributed by atoms with E-state index in [1.54, 1.807) is 0 Å². The first-order valence-electron chi connectivity index (χ1n) is 10.5. The first-order valence-corrected chi connectivity index (χ1v) is 10.5. The molecule has 2 aliphatic heterocycles. The van der Waals surface area contributed by atoms with Gasteiger partial charge in [-0.1, -0.05) is 48.5 Å². The molecule has 5 rings (SSSR count). The summed E-state index contributed by atoms with van der Waals surface area (Å²) in [4.78, 5) is 15.6. The van der Waals surface area contributed by atoms with E-state index in [1.165, 1.54) is 0 Å². The first-order chi connectivity index (χ1) is 14.3. The van der Waals surface area contributed by atoms with Crippen LogP contribution in [0.4, 0.5) is 0 Å². The predicted octanol–water partition coefficient (Wildman–Crippen LogP) is 3.61. The monoisotopic (exact) mass is 386 g/mol. The zero-order chi connectivity index (χ0) is 19.6. The number of hydrogen-bond donors (Lipinski definition) is 1. The van der Waals surface area contributed by atoms with E-state index in [9.17, 15) is 4.79 Å². The SMILES string of the molecule is O=C(c1cn(-c2ccccc2)nc1-c1ccccc1)N1CC[C@@H]2CNC[C@@H]2CC1. The normalized spacial score (nSPS) is 21.6. The number of nitrogens with zero attached hydrogens (tertiary/aromatic N) is 3. The van der Waals surface area contributed by atoms with Gasteiger partial charge in [0, 0.05) is 24.8 Å². The lowest BCUT2D eigenvalue weighted by atomic mass is 9.92. The summed E-state index contributed by atoms with van der Waals surface area (Å²) in [6, 6.07) is 20.0. The number of likely N-dealkylation sites (tertiary alicyclic amines) is 1. The number of aromatic nitrogens is 2. The third-order valence-electron chi connectivity index (χ3n) is 6.32. The van der Waals surface area contributed by atoms with Crippen molar-refractivity contribution in [1.29, 1.82) is 0 Å². The molecule has 5 heteroatoms. The minimum atomic E-state index is 0.0963. The van der Waals surface area contributed by atoms with Crippen molar-refractivity contribution in [3.8, 4) is 16.9 Å². The van der Waals surface area contributed by atoms with Gasteiger partial charge in [0.25, 0.3) is 5.91 Å². The number of carbonyl (C=O) groups is 1. The first kappa shape index (κ1) is 18.1. The van der Waals surface area contributed by atoms with Gasteiger partial charge in [0.1, 0.15) is 5.69 Å². The molecule has 0 unspecified atom stereocenters. The largest absolute Gasteiger partial charge is 0.339 e. The van der Waals surface area contributed by atoms with Crippen molar-refractivity contribution >= 4 is 5.91 Å². The van der Waals surface area contributed by atoms with E-state index in [1.807, 2.05) is 76.4 Å². The van der Waals surface area contributed by atoms with E-state index in [2.05, 4.69) is 5.32 Å². The molecule has 0 spiro atoms. The highest BCUT2D eigenvalue weighted by Crippen LogP contribution is 2.30. The van der Waals surface area contributed by atoms with E-state index >= 15 is 0 Å². The Bertz CT molecular complexity index is 969. The van der Waals surface area contributed by atoms with Gasteiger partial charge in [-0.15, -0.1) is 0 Å². The molecule has 2 fully saturated rings. The van der Waals surface area contributed by atoms with Crippen molar-refractivity contribution in [2.45, 2.75) is 12.8 Å². The maximum atomic E-state index is 13.6. The summed E-state index contributed by atoms with van der Waals surface area (Å²) in [6.45, 7) is 3.83. The lowest BCUT2D eigenvalue weighted by Crippen LogP contribution is -2.32. The number of rotatable bonds is 3. The fourth-order valence-corrected chi connectivity index (χ4v) is 4.64. The second-order valence-electron chi connectivity index (χ2n) is 8.09. The van der Waals surface area contributed by atoms with Crippen molar-refractivity contribution < 1.29 is 4.79 Å². The van der Waals surface area contributed by atoms with Crippen LogP contribution in [0.3, 0.4) is 0 Å². The summed E-state index contributed by atoms with van der Waals surface area (Å²) in [6.07, 6.45) is 4.06. The van der Waals surface area contributed by atoms with Gasteiger partial charge in [0.15, 0.2) is 0 Å². The van der Waals surface area contributed by atoms with Gasteiger partial charge in [-0.3, -0.25) is 4.79 Å². The van der Waals surface area contributed by atoms with Crippen molar-refractivity contribution in [2.24, 2.45) is 11.8 Å². The van der Waals surface area contributed by atoms with Crippen LogP contribution in [-0.4, -0.2) is 46.8 Å². The molecule has 3 aromatic rings. The lowest BCUT2D eigenvalue weighted by molar-refractivity contribution is 0.0759. The number of amides is 1. The van der Waals surface area contributed by atoms with Gasteiger partial charge in [0.2, 0.25) is 0 Å². The van der Waals surface area contributed by atoms with E-state index in [0.717, 1.165) is 56.0 Å². The summed E-state index contributed by atoms with van der Waals surface area (Å²) >= 11 is 0. The maximum Gasteiger partial charge on any atom is 0.257 e. The van der Waals surface area contributed by atoms with Crippen LogP contribution in [0, 0.1) is 11.8 Å². The van der Waals surface area contributed by atoms with E-state index in [-0.39, 0.29) is 5.91 Å². The smallest absolute Gasteiger partial charge is 0.257 e. The van der Waals surface area contributed by atoms with Gasteiger partial charge >= 0.3 is 0 Å². The van der Waals surface area contributed by atoms with Gasteiger partial charge in [0.05, 0.1) is 11.3 Å². The van der Waals surface area contributed by atoms with Crippen LogP contribution in [0.15, 0.2) is 66.9 Å². The molecule has 5 nitrogen and oxygen atoms in total. The molecule has 2 atom stereocenters. The van der Waals surface area contributed by atoms with E-state index in [4.69, 9.17) is 5.10 Å². The molecule has 3 heterocycles. The molecule has 1 amide bonds. The summed E-state index contributed by atoms with van der Waals surface area (Å²) in [5, 5.41) is 8.31. The van der Waals surface area contributed by atoms with E-state index < -0.39 is 0 Å². The molecule has 0 aliphatic carbocycles. The van der Waals surface area contributed by atoms with Crippen LogP contribution in [0.5, 0.6) is 0 Å². The standard InChI is InChI=1S/C24H26N4O/c29-24(27-13-11-19-15-25-16-20(19)12-14-27)22-17-28(21-9-5-2-6-10-21)26-23(22)18-7-3-1-4-8-18/h1-10,17,19-20,25H,11-16H2/t19-,20+. The third-order valence-corrected chi connectivity index (χ3v) is 6.32. The highest BCUT2D eigenvalue weighted by Gasteiger charge is 2.32. The number of nitrogens with one attached hydrogen (secondary N) is 1. The molecule has 29 heavy (non-hydrogen) atoms. The van der Waals surface area contributed by atoms with Crippen LogP contribution in [0.2, 0.25) is 0 Å². The molecule has 0 saturated carbocycles. The Morgan fingerprint density at radius 3 is 2.17 bits per heavy atom. The fourth-order valence-electron chi connectivity index (χ4n) is 4.64. The molecule has 0 radical (unpaired) electrons. The molecule has 2 aromatic carbocycles. The second-order valence-corrected chi connectivity index (χ2v) is 8.09. The molecule has 2 aliphatic rings. The summed E-state index contributed by atoms with van der Waals surface area (Å²) in [7, 11) is 0. The van der Waals surface area contributed by atoms with Gasteiger partial charge in [-0.25, -0.2) is 4.68 Å². The van der Waals surface area contributed by atoms with Crippen molar-refractivity contribution in [3.05, 3.63) is 72.4 Å². The number of fused-ring (bicyclic) bond motifs is 1. The number of hydrogen-bond acceptors (Lipinski definition) is 3. The topological polar surface area (TPSA) is 50.2 Å². The zero-order valence-corrected chi connectivity index (χ0v) is 16.5. The molecule has 1 aromatic heterocycles. The Morgan fingerprint density at radius 1 is 0.897 bits per heavy atom. The second kappa shape index (κ2) is 7.84. The van der Waals surface area contributed by atoms with Gasteiger partial charge in [-0.2, -0.15) is 5.10 Å². The summed E-state index contributed by atoms with van der Waals surface area (Å²) in [5.74, 6) is 1.50. The Balaban J connectivity index is 1.49. The maximum absolute atomic E-state index is 13.6. The van der Waals surface area contributed by atoms with E-state index in [0.29, 0.717) is 17.4 Å². The lowest BCUT2D eigenvalue weighted by Gasteiger charge is -2.20. The summed E-state index contributed by atoms with van der Waals surface area (Å²) < 4.78 is 1.83. The molecular formula is C24H26N4O. The Hall–Kier alpha value is -2.92. The molecule has 1 N–H and O–H groups in total. The average Bonchev–Trinajstić information content (AvgIpc) is 3.37. The van der Waals surface area contributed by atoms with Gasteiger partial charge < -0.3 is 10.2 Å². The van der Waals surface area contributed by atoms with Crippen molar-refractivity contribution in [3.63, 3.8) is 0 Å². The third kappa shape index (κ3) is 3.58. The van der Waals surface area contributed by atoms with Gasteiger partial charge in [-0.05, 0) is 49.9 Å².